The van der Waals surface area contributed by atoms with Crippen LogP contribution >= 0.6 is 0 Å². The van der Waals surface area contributed by atoms with E-state index in [9.17, 15) is 14.4 Å². The normalized spacial score (nSPS) is 17.3. The standard InChI is InChI=1S/C25H32N4O4/c1-15(2)33-25(32)28-22-13-16(3)29(17(4)30)23-10-9-20(14-21(22)23)18-5-7-19(8-6-18)24(31)27-12-11-26/h5-10,14-16,22H,11-13,26H2,1-4H3,(H,27,31)(H,28,32)/t16-,22?/m0/s1. The van der Waals surface area contributed by atoms with Gasteiger partial charge in [0.25, 0.3) is 5.91 Å². The molecule has 4 N–H and O–H groups in total. The van der Waals surface area contributed by atoms with Gasteiger partial charge in [-0.2, -0.15) is 0 Å². The quantitative estimate of drug-likeness (QED) is 0.622. The number of nitrogens with two attached hydrogens (primary N) is 1. The molecule has 176 valence electrons. The number of anilines is 1. The molecule has 2 atom stereocenters. The monoisotopic (exact) mass is 452 g/mol. The predicted molar refractivity (Wildman–Crippen MR) is 128 cm³/mol. The lowest BCUT2D eigenvalue weighted by Gasteiger charge is -2.39. The minimum atomic E-state index is -0.484. The minimum absolute atomic E-state index is 0.0486. The Labute approximate surface area is 194 Å². The SMILES string of the molecule is CC(=O)N1c2ccc(-c3ccc(C(=O)NCCN)cc3)cc2C(NC(=O)OC(C)C)C[C@@H]1C. The molecule has 0 saturated carbocycles. The van der Waals surface area contributed by atoms with Crippen LogP contribution in [0.15, 0.2) is 42.5 Å². The summed E-state index contributed by atoms with van der Waals surface area (Å²) < 4.78 is 5.28. The Morgan fingerprint density at radius 2 is 1.79 bits per heavy atom. The maximum atomic E-state index is 12.3. The summed E-state index contributed by atoms with van der Waals surface area (Å²) in [7, 11) is 0. The van der Waals surface area contributed by atoms with Crippen LogP contribution in [0.1, 0.15) is 56.1 Å². The van der Waals surface area contributed by atoms with E-state index >= 15 is 0 Å². The molecule has 8 heteroatoms. The molecule has 0 radical (unpaired) electrons. The summed E-state index contributed by atoms with van der Waals surface area (Å²) in [6.45, 7) is 7.91. The number of fused-ring (bicyclic) bond motifs is 1. The molecule has 8 nitrogen and oxygen atoms in total. The number of benzene rings is 2. The van der Waals surface area contributed by atoms with Gasteiger partial charge in [-0.1, -0.05) is 18.2 Å². The maximum Gasteiger partial charge on any atom is 0.407 e. The molecule has 0 aromatic heterocycles. The molecule has 0 spiro atoms. The summed E-state index contributed by atoms with van der Waals surface area (Å²) in [6.07, 6.45) is -0.141. The molecule has 0 aliphatic carbocycles. The van der Waals surface area contributed by atoms with E-state index in [-0.39, 0.29) is 30.0 Å². The number of nitrogens with one attached hydrogen (secondary N) is 2. The highest BCUT2D eigenvalue weighted by Gasteiger charge is 2.33. The highest BCUT2D eigenvalue weighted by Crippen LogP contribution is 2.39. The van der Waals surface area contributed by atoms with Gasteiger partial charge >= 0.3 is 6.09 Å². The Hall–Kier alpha value is -3.39. The molecule has 0 bridgehead atoms. The molecule has 1 heterocycles. The van der Waals surface area contributed by atoms with E-state index in [4.69, 9.17) is 10.5 Å². The van der Waals surface area contributed by atoms with Crippen molar-refractivity contribution >= 4 is 23.6 Å². The van der Waals surface area contributed by atoms with Crippen LogP contribution in [0.3, 0.4) is 0 Å². The van der Waals surface area contributed by atoms with Gasteiger partial charge in [0, 0.05) is 37.3 Å². The lowest BCUT2D eigenvalue weighted by atomic mass is 9.89. The zero-order valence-corrected chi connectivity index (χ0v) is 19.6. The Morgan fingerprint density at radius 1 is 1.12 bits per heavy atom. The van der Waals surface area contributed by atoms with E-state index in [1.54, 1.807) is 37.8 Å². The summed E-state index contributed by atoms with van der Waals surface area (Å²) in [4.78, 5) is 38.6. The van der Waals surface area contributed by atoms with E-state index in [0.717, 1.165) is 22.4 Å². The molecule has 0 fully saturated rings. The number of carbonyl (C=O) groups is 3. The maximum absolute atomic E-state index is 12.3. The first-order valence-corrected chi connectivity index (χ1v) is 11.2. The topological polar surface area (TPSA) is 114 Å². The van der Waals surface area contributed by atoms with E-state index in [1.807, 2.05) is 37.3 Å². The summed E-state index contributed by atoms with van der Waals surface area (Å²) in [5, 5.41) is 5.71. The van der Waals surface area contributed by atoms with Crippen LogP contribution in [0.2, 0.25) is 0 Å². The second-order valence-corrected chi connectivity index (χ2v) is 8.52. The van der Waals surface area contributed by atoms with Gasteiger partial charge in [-0.05, 0) is 68.1 Å². The van der Waals surface area contributed by atoms with Gasteiger partial charge in [0.05, 0.1) is 12.1 Å². The molecule has 33 heavy (non-hydrogen) atoms. The third-order valence-electron chi connectivity index (χ3n) is 5.56. The van der Waals surface area contributed by atoms with E-state index in [1.165, 1.54) is 0 Å². The highest BCUT2D eigenvalue weighted by molar-refractivity contribution is 5.95. The van der Waals surface area contributed by atoms with Crippen LogP contribution in [0.4, 0.5) is 10.5 Å². The molecule has 1 aliphatic heterocycles. The van der Waals surface area contributed by atoms with Gasteiger partial charge in [-0.15, -0.1) is 0 Å². The predicted octanol–water partition coefficient (Wildman–Crippen LogP) is 3.36. The first kappa shape index (κ1) is 24.3. The molecule has 1 aliphatic rings. The number of nitrogens with zero attached hydrogens (tertiary/aromatic N) is 1. The van der Waals surface area contributed by atoms with Crippen molar-refractivity contribution in [3.63, 3.8) is 0 Å². The number of hydrogen-bond donors (Lipinski definition) is 3. The van der Waals surface area contributed by atoms with Crippen molar-refractivity contribution in [2.24, 2.45) is 5.73 Å². The van der Waals surface area contributed by atoms with E-state index in [2.05, 4.69) is 10.6 Å². The van der Waals surface area contributed by atoms with Crippen LogP contribution in [0.25, 0.3) is 11.1 Å². The average Bonchev–Trinajstić information content (AvgIpc) is 2.76. The summed E-state index contributed by atoms with van der Waals surface area (Å²) in [6, 6.07) is 12.8. The van der Waals surface area contributed by atoms with E-state index < -0.39 is 6.09 Å². The van der Waals surface area contributed by atoms with E-state index in [0.29, 0.717) is 25.1 Å². The molecular formula is C25H32N4O4. The molecular weight excluding hydrogens is 420 g/mol. The molecule has 2 aromatic carbocycles. The molecule has 2 aromatic rings. The second-order valence-electron chi connectivity index (χ2n) is 8.52. The van der Waals surface area contributed by atoms with Gasteiger partial charge in [0.15, 0.2) is 0 Å². The number of hydrogen-bond acceptors (Lipinski definition) is 5. The first-order valence-electron chi connectivity index (χ1n) is 11.2. The largest absolute Gasteiger partial charge is 0.447 e. The smallest absolute Gasteiger partial charge is 0.407 e. The lowest BCUT2D eigenvalue weighted by Crippen LogP contribution is -2.45. The van der Waals surface area contributed by atoms with Crippen molar-refractivity contribution < 1.29 is 19.1 Å². The van der Waals surface area contributed by atoms with Crippen LogP contribution in [-0.2, 0) is 9.53 Å². The Balaban J connectivity index is 1.93. The van der Waals surface area contributed by atoms with Crippen LogP contribution in [0.5, 0.6) is 0 Å². The van der Waals surface area contributed by atoms with Crippen molar-refractivity contribution in [2.75, 3.05) is 18.0 Å². The van der Waals surface area contributed by atoms with Gasteiger partial charge in [0.2, 0.25) is 5.91 Å². The highest BCUT2D eigenvalue weighted by atomic mass is 16.6. The Morgan fingerprint density at radius 3 is 2.39 bits per heavy atom. The summed E-state index contributed by atoms with van der Waals surface area (Å²) in [5.74, 6) is -0.219. The first-order chi connectivity index (χ1) is 15.7. The molecule has 3 rings (SSSR count). The van der Waals surface area contributed by atoms with Crippen molar-refractivity contribution in [1.29, 1.82) is 0 Å². The zero-order chi connectivity index (χ0) is 24.1. The Bertz CT molecular complexity index is 1020. The number of carbonyl (C=O) groups excluding carboxylic acids is 3. The van der Waals surface area contributed by atoms with Crippen LogP contribution in [0, 0.1) is 0 Å². The van der Waals surface area contributed by atoms with Crippen LogP contribution in [-0.4, -0.2) is 43.1 Å². The summed E-state index contributed by atoms with van der Waals surface area (Å²) >= 11 is 0. The van der Waals surface area contributed by atoms with Gasteiger partial charge in [-0.3, -0.25) is 9.59 Å². The Kier molecular flexibility index (Phi) is 7.71. The minimum Gasteiger partial charge on any atom is -0.447 e. The molecule has 1 unspecified atom stereocenters. The van der Waals surface area contributed by atoms with Gasteiger partial charge in [-0.25, -0.2) is 4.79 Å². The zero-order valence-electron chi connectivity index (χ0n) is 19.6. The van der Waals surface area contributed by atoms with Crippen molar-refractivity contribution in [1.82, 2.24) is 10.6 Å². The molecule has 3 amide bonds. The van der Waals surface area contributed by atoms with Crippen molar-refractivity contribution in [2.45, 2.75) is 52.3 Å². The number of alkyl carbamates (subject to hydrolysis) is 1. The lowest BCUT2D eigenvalue weighted by molar-refractivity contribution is -0.117. The molecule has 0 saturated heterocycles. The fraction of sp³-hybridized carbons (Fsp3) is 0.400. The van der Waals surface area contributed by atoms with Gasteiger partial charge < -0.3 is 26.0 Å². The second kappa shape index (κ2) is 10.5. The number of ether oxygens (including phenoxy) is 1. The fourth-order valence-electron chi connectivity index (χ4n) is 4.15. The van der Waals surface area contributed by atoms with Gasteiger partial charge in [0.1, 0.15) is 0 Å². The number of rotatable bonds is 6. The third kappa shape index (κ3) is 5.70. The average molecular weight is 453 g/mol. The van der Waals surface area contributed by atoms with Crippen molar-refractivity contribution in [3.8, 4) is 11.1 Å². The van der Waals surface area contributed by atoms with Crippen molar-refractivity contribution in [3.05, 3.63) is 53.6 Å². The van der Waals surface area contributed by atoms with Crippen LogP contribution < -0.4 is 21.3 Å². The fourth-order valence-corrected chi connectivity index (χ4v) is 4.15. The number of amides is 3. The third-order valence-corrected chi connectivity index (χ3v) is 5.56. The summed E-state index contributed by atoms with van der Waals surface area (Å²) in [5.41, 5.74) is 9.46.